The van der Waals surface area contributed by atoms with E-state index in [1.54, 1.807) is 13.0 Å². The number of halogens is 1. The lowest BCUT2D eigenvalue weighted by Gasteiger charge is -2.13. The Morgan fingerprint density at radius 3 is 2.61 bits per heavy atom. The van der Waals surface area contributed by atoms with Gasteiger partial charge in [0.05, 0.1) is 18.2 Å². The molecule has 2 rings (SSSR count). The van der Waals surface area contributed by atoms with Gasteiger partial charge < -0.3 is 24.6 Å². The normalized spacial score (nSPS) is 14.8. The summed E-state index contributed by atoms with van der Waals surface area (Å²) < 4.78 is 15.6. The Morgan fingerprint density at radius 1 is 1.29 bits per heavy atom. The minimum Gasteiger partial charge on any atom is -0.490 e. The Hall–Kier alpha value is -3.08. The summed E-state index contributed by atoms with van der Waals surface area (Å²) >= 11 is 3.28. The lowest BCUT2D eigenvalue weighted by atomic mass is 10.1. The first-order valence-corrected chi connectivity index (χ1v) is 8.78. The van der Waals surface area contributed by atoms with Crippen molar-refractivity contribution in [3.63, 3.8) is 0 Å². The zero-order valence-electron chi connectivity index (χ0n) is 15.0. The highest BCUT2D eigenvalue weighted by atomic mass is 79.9. The van der Waals surface area contributed by atoms with E-state index in [-0.39, 0.29) is 17.2 Å². The van der Waals surface area contributed by atoms with E-state index in [4.69, 9.17) is 14.6 Å². The Balaban J connectivity index is 2.32. The summed E-state index contributed by atoms with van der Waals surface area (Å²) in [6.45, 7) is 0.967. The number of carbonyl (C=O) groups is 4. The second-order valence-electron chi connectivity index (χ2n) is 5.40. The molecule has 0 radical (unpaired) electrons. The van der Waals surface area contributed by atoms with Gasteiger partial charge in [0, 0.05) is 0 Å². The molecule has 1 fully saturated rings. The number of carboxylic acid groups (broad SMARTS) is 1. The number of amides is 3. The summed E-state index contributed by atoms with van der Waals surface area (Å²) in [5.74, 6) is -2.11. The van der Waals surface area contributed by atoms with Crippen molar-refractivity contribution in [2.24, 2.45) is 0 Å². The van der Waals surface area contributed by atoms with Gasteiger partial charge in [-0.1, -0.05) is 0 Å². The van der Waals surface area contributed by atoms with Crippen molar-refractivity contribution in [1.29, 1.82) is 0 Å². The number of urea groups is 1. The van der Waals surface area contributed by atoms with E-state index in [2.05, 4.69) is 26.0 Å². The third-order valence-corrected chi connectivity index (χ3v) is 4.05. The van der Waals surface area contributed by atoms with Crippen LogP contribution in [-0.2, 0) is 19.1 Å². The molecule has 10 nitrogen and oxygen atoms in total. The highest BCUT2D eigenvalue weighted by Gasteiger charge is 2.35. The van der Waals surface area contributed by atoms with E-state index < -0.39 is 37.0 Å². The predicted octanol–water partition coefficient (Wildman–Crippen LogP) is 1.38. The molecule has 0 bridgehead atoms. The summed E-state index contributed by atoms with van der Waals surface area (Å²) in [6.07, 6.45) is 1.39. The number of imide groups is 1. The first-order chi connectivity index (χ1) is 13.3. The molecule has 150 valence electrons. The van der Waals surface area contributed by atoms with Crippen molar-refractivity contribution in [2.75, 3.05) is 26.9 Å². The fourth-order valence-electron chi connectivity index (χ4n) is 2.28. The number of rotatable bonds is 8. The maximum absolute atomic E-state index is 12.3. The topological polar surface area (TPSA) is 131 Å². The van der Waals surface area contributed by atoms with Crippen LogP contribution in [0.25, 0.3) is 6.08 Å². The Bertz CT molecular complexity index is 852. The number of aliphatic carboxylic acids is 1. The van der Waals surface area contributed by atoms with E-state index in [1.807, 2.05) is 0 Å². The monoisotopic (exact) mass is 456 g/mol. The van der Waals surface area contributed by atoms with Gasteiger partial charge in [0.15, 0.2) is 18.1 Å². The van der Waals surface area contributed by atoms with E-state index in [9.17, 15) is 19.2 Å². The van der Waals surface area contributed by atoms with Gasteiger partial charge in [-0.2, -0.15) is 0 Å². The Labute approximate surface area is 168 Å². The average molecular weight is 457 g/mol. The van der Waals surface area contributed by atoms with Crippen LogP contribution in [-0.4, -0.2) is 60.8 Å². The third-order valence-electron chi connectivity index (χ3n) is 3.46. The van der Waals surface area contributed by atoms with Crippen LogP contribution in [0.3, 0.4) is 0 Å². The molecular weight excluding hydrogens is 440 g/mol. The number of benzene rings is 1. The van der Waals surface area contributed by atoms with E-state index >= 15 is 0 Å². The molecule has 1 heterocycles. The fraction of sp³-hybridized carbons (Fsp3) is 0.294. The summed E-state index contributed by atoms with van der Waals surface area (Å²) in [5, 5.41) is 11.2. The summed E-state index contributed by atoms with van der Waals surface area (Å²) in [4.78, 5) is 47.1. The lowest BCUT2D eigenvalue weighted by Crippen LogP contribution is -2.36. The van der Waals surface area contributed by atoms with Crippen LogP contribution in [0.1, 0.15) is 12.5 Å². The fourth-order valence-corrected chi connectivity index (χ4v) is 2.86. The zero-order chi connectivity index (χ0) is 20.8. The van der Waals surface area contributed by atoms with Crippen molar-refractivity contribution < 1.29 is 38.5 Å². The number of carbonyl (C=O) groups excluding carboxylic acids is 3. The van der Waals surface area contributed by atoms with Gasteiger partial charge in [-0.25, -0.2) is 14.5 Å². The highest BCUT2D eigenvalue weighted by molar-refractivity contribution is 9.10. The number of hydrogen-bond donors (Lipinski definition) is 2. The van der Waals surface area contributed by atoms with Crippen LogP contribution < -0.4 is 14.8 Å². The van der Waals surface area contributed by atoms with Crippen molar-refractivity contribution in [3.05, 3.63) is 27.9 Å². The molecule has 0 aliphatic carbocycles. The van der Waals surface area contributed by atoms with Crippen LogP contribution in [0.15, 0.2) is 22.3 Å². The standard InChI is InChI=1S/C17H17BrN2O8/c1-3-27-12-6-9(4-10(18)15(12)28-8-13(21)22)5-11-16(24)20(17(25)19-11)7-14(23)26-2/h4-6H,3,7-8H2,1-2H3,(H,19,25)(H,21,22)/b11-5+. The third kappa shape index (κ3) is 5.00. The van der Waals surface area contributed by atoms with Gasteiger partial charge >= 0.3 is 18.0 Å². The molecule has 0 atom stereocenters. The molecule has 1 aliphatic heterocycles. The molecule has 1 aromatic rings. The molecule has 0 saturated carbocycles. The van der Waals surface area contributed by atoms with Gasteiger partial charge in [-0.15, -0.1) is 0 Å². The molecule has 1 aromatic carbocycles. The van der Waals surface area contributed by atoms with E-state index in [0.29, 0.717) is 16.6 Å². The predicted molar refractivity (Wildman–Crippen MR) is 98.7 cm³/mol. The van der Waals surface area contributed by atoms with Crippen LogP contribution in [0.2, 0.25) is 0 Å². The number of hydrogen-bond acceptors (Lipinski definition) is 7. The maximum Gasteiger partial charge on any atom is 0.341 e. The van der Waals surface area contributed by atoms with Gasteiger partial charge in [0.2, 0.25) is 0 Å². The smallest absolute Gasteiger partial charge is 0.341 e. The Morgan fingerprint density at radius 2 is 2.00 bits per heavy atom. The highest BCUT2D eigenvalue weighted by Crippen LogP contribution is 2.37. The Kier molecular flexibility index (Phi) is 6.99. The summed E-state index contributed by atoms with van der Waals surface area (Å²) in [5.41, 5.74) is 0.434. The molecule has 0 aromatic heterocycles. The number of ether oxygens (including phenoxy) is 3. The summed E-state index contributed by atoms with van der Waals surface area (Å²) in [6, 6.07) is 2.35. The largest absolute Gasteiger partial charge is 0.490 e. The minimum absolute atomic E-state index is 0.0394. The first-order valence-electron chi connectivity index (χ1n) is 7.99. The lowest BCUT2D eigenvalue weighted by molar-refractivity contribution is -0.143. The number of nitrogens with one attached hydrogen (secondary N) is 1. The SMILES string of the molecule is CCOc1cc(/C=C2/NC(=O)N(CC(=O)OC)C2=O)cc(Br)c1OCC(=O)O. The first kappa shape index (κ1) is 21.2. The van der Waals surface area contributed by atoms with E-state index in [1.165, 1.54) is 12.1 Å². The van der Waals surface area contributed by atoms with E-state index in [0.717, 1.165) is 12.0 Å². The molecule has 1 aliphatic rings. The zero-order valence-corrected chi connectivity index (χ0v) is 16.6. The number of nitrogens with zero attached hydrogens (tertiary/aromatic N) is 1. The number of carboxylic acids is 1. The molecular formula is C17H17BrN2O8. The van der Waals surface area contributed by atoms with Gasteiger partial charge in [0.25, 0.3) is 5.91 Å². The number of methoxy groups -OCH3 is 1. The van der Waals surface area contributed by atoms with Crippen LogP contribution in [0.4, 0.5) is 4.79 Å². The molecule has 28 heavy (non-hydrogen) atoms. The maximum atomic E-state index is 12.3. The molecule has 0 spiro atoms. The van der Waals surface area contributed by atoms with Crippen molar-refractivity contribution in [3.8, 4) is 11.5 Å². The second kappa shape index (κ2) is 9.22. The average Bonchev–Trinajstić information content (AvgIpc) is 2.88. The quantitative estimate of drug-likeness (QED) is 0.340. The molecule has 0 unspecified atom stereocenters. The molecule has 2 N–H and O–H groups in total. The molecule has 3 amide bonds. The van der Waals surface area contributed by atoms with Crippen molar-refractivity contribution in [1.82, 2.24) is 10.2 Å². The van der Waals surface area contributed by atoms with Crippen LogP contribution in [0.5, 0.6) is 11.5 Å². The van der Waals surface area contributed by atoms with Crippen molar-refractivity contribution in [2.45, 2.75) is 6.92 Å². The van der Waals surface area contributed by atoms with Gasteiger partial charge in [-0.3, -0.25) is 9.59 Å². The molecule has 11 heteroatoms. The molecule has 1 saturated heterocycles. The van der Waals surface area contributed by atoms with Crippen molar-refractivity contribution >= 4 is 45.9 Å². The van der Waals surface area contributed by atoms with Crippen LogP contribution in [0, 0.1) is 0 Å². The van der Waals surface area contributed by atoms with Gasteiger partial charge in [-0.05, 0) is 46.6 Å². The second-order valence-corrected chi connectivity index (χ2v) is 6.26. The summed E-state index contributed by atoms with van der Waals surface area (Å²) in [7, 11) is 1.15. The number of esters is 1. The minimum atomic E-state index is -1.15. The van der Waals surface area contributed by atoms with Crippen LogP contribution >= 0.6 is 15.9 Å². The van der Waals surface area contributed by atoms with Gasteiger partial charge in [0.1, 0.15) is 12.2 Å².